The van der Waals surface area contributed by atoms with Gasteiger partial charge in [0, 0.05) is 12.6 Å². The molecule has 21 heavy (non-hydrogen) atoms. The van der Waals surface area contributed by atoms with Gasteiger partial charge in [-0.05, 0) is 31.7 Å². The van der Waals surface area contributed by atoms with Gasteiger partial charge in [0.05, 0.1) is 5.56 Å². The van der Waals surface area contributed by atoms with Crippen molar-refractivity contribution in [1.82, 2.24) is 20.4 Å². The highest BCUT2D eigenvalue weighted by Gasteiger charge is 2.37. The SMILES string of the molecule is O=C(NC1CC1)C1CCCN1C(=O)c1cc(Cl)nnc1Cl. The molecule has 0 radical (unpaired) electrons. The van der Waals surface area contributed by atoms with Crippen LogP contribution in [-0.2, 0) is 4.79 Å². The summed E-state index contributed by atoms with van der Waals surface area (Å²) in [5.74, 6) is -0.419. The summed E-state index contributed by atoms with van der Waals surface area (Å²) in [4.78, 5) is 26.3. The van der Waals surface area contributed by atoms with Gasteiger partial charge < -0.3 is 10.2 Å². The average molecular weight is 329 g/mol. The Morgan fingerprint density at radius 3 is 2.71 bits per heavy atom. The van der Waals surface area contributed by atoms with Crippen molar-refractivity contribution in [3.8, 4) is 0 Å². The topological polar surface area (TPSA) is 75.2 Å². The second-order valence-electron chi connectivity index (χ2n) is 5.31. The molecule has 2 aliphatic rings. The molecule has 2 heterocycles. The van der Waals surface area contributed by atoms with Crippen LogP contribution < -0.4 is 5.32 Å². The Kier molecular flexibility index (Phi) is 3.99. The number of nitrogens with zero attached hydrogens (tertiary/aromatic N) is 3. The molecule has 112 valence electrons. The summed E-state index contributed by atoms with van der Waals surface area (Å²) < 4.78 is 0. The van der Waals surface area contributed by atoms with Crippen molar-refractivity contribution in [3.63, 3.8) is 0 Å². The van der Waals surface area contributed by atoms with Crippen LogP contribution in [0.15, 0.2) is 6.07 Å². The minimum absolute atomic E-state index is 0.00217. The van der Waals surface area contributed by atoms with Crippen LogP contribution >= 0.6 is 23.2 Å². The molecule has 1 aromatic heterocycles. The largest absolute Gasteiger partial charge is 0.352 e. The zero-order chi connectivity index (χ0) is 15.0. The van der Waals surface area contributed by atoms with Gasteiger partial charge in [0.25, 0.3) is 5.91 Å². The Balaban J connectivity index is 1.78. The molecule has 1 N–H and O–H groups in total. The van der Waals surface area contributed by atoms with Crippen LogP contribution in [0.25, 0.3) is 0 Å². The highest BCUT2D eigenvalue weighted by atomic mass is 35.5. The Hall–Kier alpha value is -1.40. The van der Waals surface area contributed by atoms with Crippen molar-refractivity contribution in [1.29, 1.82) is 0 Å². The second-order valence-corrected chi connectivity index (χ2v) is 6.06. The predicted molar refractivity (Wildman–Crippen MR) is 77.3 cm³/mol. The molecule has 6 nitrogen and oxygen atoms in total. The molecule has 1 saturated heterocycles. The third-order valence-corrected chi connectivity index (χ3v) is 4.15. The van der Waals surface area contributed by atoms with Crippen LogP contribution in [0.3, 0.4) is 0 Å². The van der Waals surface area contributed by atoms with Crippen molar-refractivity contribution in [2.45, 2.75) is 37.8 Å². The maximum absolute atomic E-state index is 12.6. The van der Waals surface area contributed by atoms with E-state index in [9.17, 15) is 9.59 Å². The van der Waals surface area contributed by atoms with Crippen LogP contribution in [-0.4, -0.2) is 45.5 Å². The first-order valence-electron chi connectivity index (χ1n) is 6.86. The molecule has 3 rings (SSSR count). The van der Waals surface area contributed by atoms with E-state index in [-0.39, 0.29) is 33.7 Å². The molecular formula is C13H14Cl2N4O2. The fourth-order valence-electron chi connectivity index (χ4n) is 2.47. The molecule has 1 aliphatic carbocycles. The smallest absolute Gasteiger partial charge is 0.257 e. The van der Waals surface area contributed by atoms with Crippen molar-refractivity contribution >= 4 is 35.0 Å². The lowest BCUT2D eigenvalue weighted by Gasteiger charge is -2.24. The summed E-state index contributed by atoms with van der Waals surface area (Å²) in [6, 6.07) is 1.21. The summed E-state index contributed by atoms with van der Waals surface area (Å²) in [7, 11) is 0. The second kappa shape index (κ2) is 5.77. The monoisotopic (exact) mass is 328 g/mol. The average Bonchev–Trinajstić information content (AvgIpc) is 3.13. The van der Waals surface area contributed by atoms with E-state index in [2.05, 4.69) is 15.5 Å². The predicted octanol–water partition coefficient (Wildman–Crippen LogP) is 1.67. The zero-order valence-electron chi connectivity index (χ0n) is 11.2. The lowest BCUT2D eigenvalue weighted by molar-refractivity contribution is -0.125. The minimum Gasteiger partial charge on any atom is -0.352 e. The van der Waals surface area contributed by atoms with E-state index in [4.69, 9.17) is 23.2 Å². The molecule has 1 atom stereocenters. The van der Waals surface area contributed by atoms with E-state index < -0.39 is 6.04 Å². The number of hydrogen-bond acceptors (Lipinski definition) is 4. The highest BCUT2D eigenvalue weighted by Crippen LogP contribution is 2.25. The van der Waals surface area contributed by atoms with E-state index in [0.29, 0.717) is 13.0 Å². The van der Waals surface area contributed by atoms with E-state index >= 15 is 0 Å². The standard InChI is InChI=1S/C13H14Cl2N4O2/c14-10-6-8(11(15)18-17-10)13(21)19-5-1-2-9(19)12(20)16-7-3-4-7/h6-7,9H,1-5H2,(H,16,20). The first-order valence-corrected chi connectivity index (χ1v) is 7.62. The fourth-order valence-corrected chi connectivity index (χ4v) is 2.79. The van der Waals surface area contributed by atoms with Gasteiger partial charge in [-0.3, -0.25) is 9.59 Å². The molecule has 8 heteroatoms. The quantitative estimate of drug-likeness (QED) is 0.915. The normalized spacial score (nSPS) is 21.4. The molecule has 1 unspecified atom stereocenters. The third-order valence-electron chi connectivity index (χ3n) is 3.69. The van der Waals surface area contributed by atoms with Crippen molar-refractivity contribution in [2.75, 3.05) is 6.54 Å². The molecular weight excluding hydrogens is 315 g/mol. The lowest BCUT2D eigenvalue weighted by Crippen LogP contribution is -2.46. The van der Waals surface area contributed by atoms with Crippen LogP contribution in [0.5, 0.6) is 0 Å². The van der Waals surface area contributed by atoms with Crippen LogP contribution in [0.4, 0.5) is 0 Å². The van der Waals surface area contributed by atoms with Crippen LogP contribution in [0, 0.1) is 0 Å². The number of halogens is 2. The van der Waals surface area contributed by atoms with E-state index in [1.807, 2.05) is 0 Å². The lowest BCUT2D eigenvalue weighted by atomic mass is 10.2. The zero-order valence-corrected chi connectivity index (χ0v) is 12.7. The molecule has 2 fully saturated rings. The molecule has 0 aromatic carbocycles. The Labute approximate surface area is 131 Å². The van der Waals surface area contributed by atoms with Crippen LogP contribution in [0.2, 0.25) is 10.3 Å². The Morgan fingerprint density at radius 2 is 2.00 bits per heavy atom. The number of hydrogen-bond donors (Lipinski definition) is 1. The number of amides is 2. The van der Waals surface area contributed by atoms with Gasteiger partial charge in [-0.15, -0.1) is 10.2 Å². The minimum atomic E-state index is -0.443. The number of likely N-dealkylation sites (tertiary alicyclic amines) is 1. The van der Waals surface area contributed by atoms with Gasteiger partial charge in [0.2, 0.25) is 5.91 Å². The van der Waals surface area contributed by atoms with E-state index in [0.717, 1.165) is 19.3 Å². The third kappa shape index (κ3) is 3.11. The summed E-state index contributed by atoms with van der Waals surface area (Å²) in [5.41, 5.74) is 0.183. The molecule has 2 amide bonds. The van der Waals surface area contributed by atoms with Crippen LogP contribution in [0.1, 0.15) is 36.0 Å². The van der Waals surface area contributed by atoms with Gasteiger partial charge in [0.1, 0.15) is 6.04 Å². The molecule has 1 aromatic rings. The number of carbonyl (C=O) groups excluding carboxylic acids is 2. The summed E-state index contributed by atoms with van der Waals surface area (Å²) >= 11 is 11.7. The number of rotatable bonds is 3. The molecule has 0 bridgehead atoms. The first kappa shape index (κ1) is 14.5. The van der Waals surface area contributed by atoms with Crippen molar-refractivity contribution < 1.29 is 9.59 Å². The summed E-state index contributed by atoms with van der Waals surface area (Å²) in [6.45, 7) is 0.526. The Morgan fingerprint density at radius 1 is 1.24 bits per heavy atom. The van der Waals surface area contributed by atoms with Crippen molar-refractivity contribution in [2.24, 2.45) is 0 Å². The molecule has 1 aliphatic heterocycles. The van der Waals surface area contributed by atoms with Gasteiger partial charge in [-0.1, -0.05) is 23.2 Å². The first-order chi connectivity index (χ1) is 10.1. The number of nitrogens with one attached hydrogen (secondary N) is 1. The van der Waals surface area contributed by atoms with Gasteiger partial charge >= 0.3 is 0 Å². The van der Waals surface area contributed by atoms with Gasteiger partial charge in [-0.2, -0.15) is 0 Å². The van der Waals surface area contributed by atoms with Gasteiger partial charge in [-0.25, -0.2) is 0 Å². The molecule has 1 saturated carbocycles. The molecule has 0 spiro atoms. The van der Waals surface area contributed by atoms with Gasteiger partial charge in [0.15, 0.2) is 10.3 Å². The maximum atomic E-state index is 12.6. The Bertz CT molecular complexity index is 592. The summed E-state index contributed by atoms with van der Waals surface area (Å²) in [6.07, 6.45) is 3.48. The van der Waals surface area contributed by atoms with Crippen molar-refractivity contribution in [3.05, 3.63) is 21.9 Å². The maximum Gasteiger partial charge on any atom is 0.257 e. The highest BCUT2D eigenvalue weighted by molar-refractivity contribution is 6.34. The van der Waals surface area contributed by atoms with E-state index in [1.165, 1.54) is 11.0 Å². The summed E-state index contributed by atoms with van der Waals surface area (Å²) in [5, 5.41) is 10.3. The van der Waals surface area contributed by atoms with E-state index in [1.54, 1.807) is 0 Å². The fraction of sp³-hybridized carbons (Fsp3) is 0.538. The number of carbonyl (C=O) groups is 2. The number of aromatic nitrogens is 2.